The summed E-state index contributed by atoms with van der Waals surface area (Å²) in [5.41, 5.74) is 3.20. The van der Waals surface area contributed by atoms with Crippen LogP contribution in [0.5, 0.6) is 11.5 Å². The van der Waals surface area contributed by atoms with Gasteiger partial charge in [-0.15, -0.1) is 0 Å². The maximum atomic E-state index is 13.3. The molecule has 1 aliphatic carbocycles. The normalized spacial score (nSPS) is 20.4. The largest absolute Gasteiger partial charge is 0.493 e. The van der Waals surface area contributed by atoms with E-state index in [2.05, 4.69) is 13.8 Å². The molecule has 1 heterocycles. The number of ketones is 1. The fraction of sp³-hybridized carbons (Fsp3) is 0.458. The van der Waals surface area contributed by atoms with Crippen molar-refractivity contribution in [2.45, 2.75) is 46.5 Å². The topological polar surface area (TPSA) is 82.1 Å². The molecule has 3 rings (SSSR count). The Bertz CT molecular complexity index is 1020. The molecular formula is C24H29NO6. The molecule has 0 fully saturated rings. The summed E-state index contributed by atoms with van der Waals surface area (Å²) in [4.78, 5) is 39.5. The molecule has 1 aromatic rings. The molecule has 0 radical (unpaired) electrons. The smallest absolute Gasteiger partial charge is 0.336 e. The van der Waals surface area contributed by atoms with Crippen LogP contribution in [-0.2, 0) is 19.1 Å². The first-order valence-corrected chi connectivity index (χ1v) is 10.2. The van der Waals surface area contributed by atoms with Gasteiger partial charge in [-0.25, -0.2) is 4.79 Å². The minimum Gasteiger partial charge on any atom is -0.493 e. The Morgan fingerprint density at radius 1 is 1.13 bits per heavy atom. The number of Topliss-reactive ketones (excluding diaryl/α,β-unsaturated/α-hetero) is 1. The van der Waals surface area contributed by atoms with E-state index in [4.69, 9.17) is 14.2 Å². The molecule has 0 bridgehead atoms. The third-order valence-corrected chi connectivity index (χ3v) is 5.95. The van der Waals surface area contributed by atoms with Gasteiger partial charge in [0.15, 0.2) is 17.3 Å². The summed E-state index contributed by atoms with van der Waals surface area (Å²) in [6, 6.07) is 5.09. The van der Waals surface area contributed by atoms with E-state index in [0.29, 0.717) is 28.9 Å². The molecule has 0 N–H and O–H groups in total. The van der Waals surface area contributed by atoms with Gasteiger partial charge in [-0.1, -0.05) is 19.9 Å². The average molecular weight is 427 g/mol. The van der Waals surface area contributed by atoms with Crippen LogP contribution < -0.4 is 9.47 Å². The van der Waals surface area contributed by atoms with E-state index in [9.17, 15) is 14.4 Å². The zero-order valence-corrected chi connectivity index (χ0v) is 19.1. The Kier molecular flexibility index (Phi) is 5.98. The maximum Gasteiger partial charge on any atom is 0.336 e. The molecule has 0 saturated heterocycles. The van der Waals surface area contributed by atoms with Crippen molar-refractivity contribution < 1.29 is 28.6 Å². The highest BCUT2D eigenvalue weighted by atomic mass is 16.6. The van der Waals surface area contributed by atoms with Gasteiger partial charge in [0.2, 0.25) is 0 Å². The van der Waals surface area contributed by atoms with Crippen LogP contribution >= 0.6 is 0 Å². The predicted octanol–water partition coefficient (Wildman–Crippen LogP) is 3.74. The van der Waals surface area contributed by atoms with E-state index in [-0.39, 0.29) is 16.9 Å². The summed E-state index contributed by atoms with van der Waals surface area (Å²) in [6.45, 7) is 7.32. The second-order valence-electron chi connectivity index (χ2n) is 8.79. The van der Waals surface area contributed by atoms with Gasteiger partial charge in [-0.3, -0.25) is 9.59 Å². The van der Waals surface area contributed by atoms with Crippen LogP contribution in [0, 0.1) is 5.41 Å². The summed E-state index contributed by atoms with van der Waals surface area (Å²) >= 11 is 0. The fourth-order valence-corrected chi connectivity index (χ4v) is 4.48. The van der Waals surface area contributed by atoms with E-state index in [1.165, 1.54) is 21.1 Å². The third kappa shape index (κ3) is 4.09. The molecule has 1 aliphatic heterocycles. The highest BCUT2D eigenvalue weighted by Gasteiger charge is 2.44. The van der Waals surface area contributed by atoms with Crippen molar-refractivity contribution in [1.29, 1.82) is 0 Å². The molecule has 1 unspecified atom stereocenters. The lowest BCUT2D eigenvalue weighted by Gasteiger charge is -2.43. The summed E-state index contributed by atoms with van der Waals surface area (Å²) in [5.74, 6) is -0.910. The predicted molar refractivity (Wildman–Crippen MR) is 115 cm³/mol. The lowest BCUT2D eigenvalue weighted by Crippen LogP contribution is -2.39. The lowest BCUT2D eigenvalue weighted by molar-refractivity contribution is -0.136. The number of rotatable bonds is 4. The first-order chi connectivity index (χ1) is 14.5. The van der Waals surface area contributed by atoms with Crippen LogP contribution in [0.1, 0.15) is 52.0 Å². The molecule has 0 aromatic heterocycles. The highest BCUT2D eigenvalue weighted by molar-refractivity contribution is 6.04. The van der Waals surface area contributed by atoms with Crippen LogP contribution in [0.3, 0.4) is 0 Å². The van der Waals surface area contributed by atoms with E-state index >= 15 is 0 Å². The fourth-order valence-electron chi connectivity index (χ4n) is 4.48. The number of carbonyl (C=O) groups excluding carboxylic acids is 3. The number of benzene rings is 1. The van der Waals surface area contributed by atoms with Crippen LogP contribution in [0.15, 0.2) is 40.7 Å². The number of esters is 2. The van der Waals surface area contributed by atoms with Crippen molar-refractivity contribution in [3.05, 3.63) is 46.3 Å². The van der Waals surface area contributed by atoms with Crippen molar-refractivity contribution >= 4 is 17.7 Å². The molecule has 31 heavy (non-hydrogen) atoms. The van der Waals surface area contributed by atoms with Gasteiger partial charge >= 0.3 is 11.9 Å². The summed E-state index contributed by atoms with van der Waals surface area (Å²) < 4.78 is 15.7. The Hall–Kier alpha value is -3.09. The van der Waals surface area contributed by atoms with Crippen molar-refractivity contribution in [2.75, 3.05) is 21.3 Å². The van der Waals surface area contributed by atoms with Crippen molar-refractivity contribution in [2.24, 2.45) is 5.41 Å². The molecule has 7 nitrogen and oxygen atoms in total. The molecular weight excluding hydrogens is 398 g/mol. The summed E-state index contributed by atoms with van der Waals surface area (Å²) in [7, 11) is 4.69. The minimum absolute atomic E-state index is 0.0139. The van der Waals surface area contributed by atoms with E-state index in [1.807, 2.05) is 18.9 Å². The first-order valence-electron chi connectivity index (χ1n) is 10.2. The number of carbonyl (C=O) groups is 3. The second-order valence-corrected chi connectivity index (χ2v) is 8.79. The van der Waals surface area contributed by atoms with Gasteiger partial charge in [-0.2, -0.15) is 0 Å². The SMILES string of the molecule is COC(=O)C1=C(C)N(C)C2=C(C(=O)CC(C)(C)C2)C1c1ccc(OC(C)=O)c(OC)c1. The molecule has 1 aromatic carbocycles. The Labute approximate surface area is 182 Å². The third-order valence-electron chi connectivity index (χ3n) is 5.95. The van der Waals surface area contributed by atoms with Crippen molar-refractivity contribution in [3.8, 4) is 11.5 Å². The quantitative estimate of drug-likeness (QED) is 0.535. The Balaban J connectivity index is 2.25. The molecule has 0 saturated carbocycles. The van der Waals surface area contributed by atoms with Crippen LogP contribution in [0.2, 0.25) is 0 Å². The lowest BCUT2D eigenvalue weighted by atomic mass is 9.68. The number of hydrogen-bond acceptors (Lipinski definition) is 7. The van der Waals surface area contributed by atoms with Gasteiger partial charge in [0.1, 0.15) is 0 Å². The number of methoxy groups -OCH3 is 2. The molecule has 2 aliphatic rings. The molecule has 0 spiro atoms. The molecule has 0 amide bonds. The summed E-state index contributed by atoms with van der Waals surface area (Å²) in [5, 5.41) is 0. The van der Waals surface area contributed by atoms with Crippen LogP contribution in [0.4, 0.5) is 0 Å². The van der Waals surface area contributed by atoms with Gasteiger partial charge in [-0.05, 0) is 36.5 Å². The Morgan fingerprint density at radius 2 is 1.81 bits per heavy atom. The van der Waals surface area contributed by atoms with Crippen LogP contribution in [-0.4, -0.2) is 43.9 Å². The molecule has 166 valence electrons. The van der Waals surface area contributed by atoms with Gasteiger partial charge in [0, 0.05) is 43.3 Å². The maximum absolute atomic E-state index is 13.3. The number of allylic oxidation sites excluding steroid dienone is 3. The van der Waals surface area contributed by atoms with Crippen molar-refractivity contribution in [3.63, 3.8) is 0 Å². The molecule has 7 heteroatoms. The molecule has 1 atom stereocenters. The first kappa shape index (κ1) is 22.6. The highest BCUT2D eigenvalue weighted by Crippen LogP contribution is 2.50. The monoisotopic (exact) mass is 427 g/mol. The van der Waals surface area contributed by atoms with E-state index in [1.54, 1.807) is 18.2 Å². The number of ether oxygens (including phenoxy) is 3. The van der Waals surface area contributed by atoms with Crippen molar-refractivity contribution in [1.82, 2.24) is 4.90 Å². The van der Waals surface area contributed by atoms with Gasteiger partial charge in [0.25, 0.3) is 0 Å². The zero-order chi connectivity index (χ0) is 23.1. The minimum atomic E-state index is -0.595. The van der Waals surface area contributed by atoms with Gasteiger partial charge in [0.05, 0.1) is 19.8 Å². The summed E-state index contributed by atoms with van der Waals surface area (Å²) in [6.07, 6.45) is 1.11. The average Bonchev–Trinajstić information content (AvgIpc) is 2.69. The second kappa shape index (κ2) is 8.21. The van der Waals surface area contributed by atoms with E-state index < -0.39 is 17.9 Å². The van der Waals surface area contributed by atoms with Gasteiger partial charge < -0.3 is 19.1 Å². The standard InChI is InChI=1S/C24H29NO6/c1-13-20(23(28)30-7)21(15-8-9-18(31-14(2)26)19(10-15)29-6)22-16(25(13)5)11-24(3,4)12-17(22)27/h8-10,21H,11-12H2,1-7H3. The number of hydrogen-bond donors (Lipinski definition) is 0. The number of nitrogens with zero attached hydrogens (tertiary/aromatic N) is 1. The Morgan fingerprint density at radius 3 is 2.39 bits per heavy atom. The zero-order valence-electron chi connectivity index (χ0n) is 19.1. The van der Waals surface area contributed by atoms with Crippen LogP contribution in [0.25, 0.3) is 0 Å². The van der Waals surface area contributed by atoms with E-state index in [0.717, 1.165) is 17.8 Å².